The minimum atomic E-state index is 0.529. The Kier molecular flexibility index (Phi) is 4.31. The number of thiophene rings is 1. The van der Waals surface area contributed by atoms with Gasteiger partial charge in [-0.05, 0) is 31.1 Å². The van der Waals surface area contributed by atoms with Crippen LogP contribution < -0.4 is 10.6 Å². The molecule has 6 heteroatoms. The summed E-state index contributed by atoms with van der Waals surface area (Å²) in [5, 5.41) is 7.86. The van der Waals surface area contributed by atoms with Gasteiger partial charge < -0.3 is 10.6 Å². The van der Waals surface area contributed by atoms with Gasteiger partial charge in [0.1, 0.15) is 10.6 Å². The summed E-state index contributed by atoms with van der Waals surface area (Å²) in [7, 11) is 1.87. The van der Waals surface area contributed by atoms with Gasteiger partial charge >= 0.3 is 0 Å². The van der Waals surface area contributed by atoms with Crippen LogP contribution in [-0.4, -0.2) is 34.6 Å². The zero-order valence-corrected chi connectivity index (χ0v) is 13.5. The Morgan fingerprint density at radius 1 is 1.40 bits per heavy atom. The molecule has 3 heterocycles. The molecule has 0 aromatic carbocycles. The van der Waals surface area contributed by atoms with E-state index in [0.29, 0.717) is 12.0 Å². The second-order valence-electron chi connectivity index (χ2n) is 4.99. The van der Waals surface area contributed by atoms with Crippen molar-refractivity contribution in [3.63, 3.8) is 0 Å². The van der Waals surface area contributed by atoms with Crippen molar-refractivity contribution in [3.8, 4) is 0 Å². The van der Waals surface area contributed by atoms with E-state index in [2.05, 4.69) is 33.6 Å². The Labute approximate surface area is 127 Å². The molecule has 3 rings (SSSR count). The average Bonchev–Trinajstić information content (AvgIpc) is 2.91. The van der Waals surface area contributed by atoms with E-state index in [0.717, 1.165) is 17.1 Å². The van der Waals surface area contributed by atoms with Crippen molar-refractivity contribution < 1.29 is 0 Å². The lowest BCUT2D eigenvalue weighted by molar-refractivity contribution is 0.683. The first-order valence-corrected chi connectivity index (χ1v) is 9.09. The first kappa shape index (κ1) is 13.9. The predicted molar refractivity (Wildman–Crippen MR) is 90.3 cm³/mol. The number of rotatable bonds is 4. The molecule has 0 radical (unpaired) electrons. The Morgan fingerprint density at radius 2 is 2.30 bits per heavy atom. The predicted octanol–water partition coefficient (Wildman–Crippen LogP) is 3.60. The summed E-state index contributed by atoms with van der Waals surface area (Å²) in [5.74, 6) is 4.15. The molecule has 1 atom stereocenters. The molecule has 4 nitrogen and oxygen atoms in total. The van der Waals surface area contributed by atoms with Crippen LogP contribution in [0.3, 0.4) is 0 Å². The second-order valence-corrected chi connectivity index (χ2v) is 7.25. The van der Waals surface area contributed by atoms with Crippen molar-refractivity contribution >= 4 is 45.1 Å². The number of fused-ring (bicyclic) bond motifs is 1. The Balaban J connectivity index is 1.95. The van der Waals surface area contributed by atoms with Crippen molar-refractivity contribution in [2.24, 2.45) is 0 Å². The molecule has 1 fully saturated rings. The van der Waals surface area contributed by atoms with Gasteiger partial charge in [-0.3, -0.25) is 0 Å². The van der Waals surface area contributed by atoms with Crippen LogP contribution in [0.5, 0.6) is 0 Å². The number of hydrogen-bond acceptors (Lipinski definition) is 6. The molecule has 108 valence electrons. The summed E-state index contributed by atoms with van der Waals surface area (Å²) in [6, 6.07) is 2.76. The van der Waals surface area contributed by atoms with Crippen LogP contribution in [0.15, 0.2) is 6.07 Å². The van der Waals surface area contributed by atoms with Crippen LogP contribution in [0, 0.1) is 0 Å². The molecule has 1 aliphatic rings. The molecule has 1 unspecified atom stereocenters. The van der Waals surface area contributed by atoms with E-state index < -0.39 is 0 Å². The molecule has 0 aliphatic carbocycles. The molecule has 0 spiro atoms. The van der Waals surface area contributed by atoms with Gasteiger partial charge in [0.25, 0.3) is 0 Å². The molecule has 0 saturated carbocycles. The number of nitrogens with one attached hydrogen (secondary N) is 2. The van der Waals surface area contributed by atoms with Crippen molar-refractivity contribution in [1.82, 2.24) is 9.97 Å². The van der Waals surface area contributed by atoms with Crippen LogP contribution in [0.25, 0.3) is 10.2 Å². The minimum Gasteiger partial charge on any atom is -0.366 e. The minimum absolute atomic E-state index is 0.529. The molecule has 2 aromatic heterocycles. The third-order valence-electron chi connectivity index (χ3n) is 3.52. The van der Waals surface area contributed by atoms with Gasteiger partial charge in [-0.25, -0.2) is 4.98 Å². The van der Waals surface area contributed by atoms with E-state index >= 15 is 0 Å². The number of nitrogens with zero attached hydrogens (tertiary/aromatic N) is 2. The highest BCUT2D eigenvalue weighted by Crippen LogP contribution is 2.31. The van der Waals surface area contributed by atoms with Gasteiger partial charge in [0.15, 0.2) is 0 Å². The highest BCUT2D eigenvalue weighted by molar-refractivity contribution is 7.99. The van der Waals surface area contributed by atoms with E-state index in [9.17, 15) is 0 Å². The highest BCUT2D eigenvalue weighted by Gasteiger charge is 2.17. The van der Waals surface area contributed by atoms with Gasteiger partial charge in [-0.2, -0.15) is 16.7 Å². The van der Waals surface area contributed by atoms with Gasteiger partial charge in [0, 0.05) is 23.7 Å². The molecule has 2 aromatic rings. The summed E-state index contributed by atoms with van der Waals surface area (Å²) in [5.41, 5.74) is 0. The Morgan fingerprint density at radius 3 is 3.00 bits per heavy atom. The molecule has 0 amide bonds. The first-order chi connectivity index (χ1) is 9.80. The van der Waals surface area contributed by atoms with Crippen LogP contribution in [0.2, 0.25) is 0 Å². The lowest BCUT2D eigenvalue weighted by Crippen LogP contribution is -2.26. The van der Waals surface area contributed by atoms with Gasteiger partial charge in [0.05, 0.1) is 5.39 Å². The summed E-state index contributed by atoms with van der Waals surface area (Å²) < 4.78 is 0. The lowest BCUT2D eigenvalue weighted by atomic mass is 10.2. The smallest absolute Gasteiger partial charge is 0.225 e. The standard InChI is InChI=1S/C14H20N4S2/c1-3-10-7-11-12(16-9-5-4-6-19-8-9)17-14(15-2)18-13(11)20-10/h7,9H,3-6,8H2,1-2H3,(H2,15,16,17,18). The van der Waals surface area contributed by atoms with E-state index in [4.69, 9.17) is 0 Å². The van der Waals surface area contributed by atoms with Crippen LogP contribution in [0.1, 0.15) is 24.6 Å². The van der Waals surface area contributed by atoms with Crippen molar-refractivity contribution in [2.45, 2.75) is 32.2 Å². The fraction of sp³-hybridized carbons (Fsp3) is 0.571. The zero-order chi connectivity index (χ0) is 13.9. The normalized spacial score (nSPS) is 19.2. The van der Waals surface area contributed by atoms with Crippen LogP contribution >= 0.6 is 23.1 Å². The topological polar surface area (TPSA) is 49.8 Å². The molecule has 1 aliphatic heterocycles. The quantitative estimate of drug-likeness (QED) is 0.904. The molecular formula is C14H20N4S2. The third kappa shape index (κ3) is 2.86. The second kappa shape index (κ2) is 6.18. The van der Waals surface area contributed by atoms with Crippen molar-refractivity contribution in [1.29, 1.82) is 0 Å². The Bertz CT molecular complexity index is 590. The number of aromatic nitrogens is 2. The number of hydrogen-bond donors (Lipinski definition) is 2. The summed E-state index contributed by atoms with van der Waals surface area (Å²) in [6.07, 6.45) is 3.58. The van der Waals surface area contributed by atoms with E-state index in [1.54, 1.807) is 11.3 Å². The maximum absolute atomic E-state index is 4.63. The fourth-order valence-electron chi connectivity index (χ4n) is 2.42. The van der Waals surface area contributed by atoms with E-state index in [1.165, 1.54) is 34.6 Å². The number of anilines is 2. The first-order valence-electron chi connectivity index (χ1n) is 7.12. The van der Waals surface area contributed by atoms with E-state index in [1.807, 2.05) is 18.8 Å². The molecule has 20 heavy (non-hydrogen) atoms. The summed E-state index contributed by atoms with van der Waals surface area (Å²) >= 11 is 3.80. The fourth-order valence-corrected chi connectivity index (χ4v) is 4.45. The third-order valence-corrected chi connectivity index (χ3v) is 5.91. The van der Waals surface area contributed by atoms with E-state index in [-0.39, 0.29) is 0 Å². The summed E-state index contributed by atoms with van der Waals surface area (Å²) in [6.45, 7) is 2.18. The molecule has 0 bridgehead atoms. The zero-order valence-electron chi connectivity index (χ0n) is 11.9. The average molecular weight is 308 g/mol. The highest BCUT2D eigenvalue weighted by atomic mass is 32.2. The largest absolute Gasteiger partial charge is 0.366 e. The molecular weight excluding hydrogens is 288 g/mol. The summed E-state index contributed by atoms with van der Waals surface area (Å²) in [4.78, 5) is 11.6. The van der Waals surface area contributed by atoms with Crippen molar-refractivity contribution in [3.05, 3.63) is 10.9 Å². The monoisotopic (exact) mass is 308 g/mol. The van der Waals surface area contributed by atoms with Crippen molar-refractivity contribution in [2.75, 3.05) is 29.2 Å². The number of aryl methyl sites for hydroxylation is 1. The number of thioether (sulfide) groups is 1. The lowest BCUT2D eigenvalue weighted by Gasteiger charge is -2.23. The maximum Gasteiger partial charge on any atom is 0.225 e. The maximum atomic E-state index is 4.63. The Hall–Kier alpha value is -1.01. The molecule has 1 saturated heterocycles. The van der Waals surface area contributed by atoms with Crippen LogP contribution in [-0.2, 0) is 6.42 Å². The van der Waals surface area contributed by atoms with Gasteiger partial charge in [-0.1, -0.05) is 6.92 Å². The molecule has 2 N–H and O–H groups in total. The van der Waals surface area contributed by atoms with Gasteiger partial charge in [-0.15, -0.1) is 11.3 Å². The SMILES string of the molecule is CCc1cc2c(NC3CCCSC3)nc(NC)nc2s1. The van der Waals surface area contributed by atoms with Gasteiger partial charge in [0.2, 0.25) is 5.95 Å². The van der Waals surface area contributed by atoms with Crippen LogP contribution in [0.4, 0.5) is 11.8 Å².